The van der Waals surface area contributed by atoms with Gasteiger partial charge >= 0.3 is 0 Å². The summed E-state index contributed by atoms with van der Waals surface area (Å²) in [7, 11) is -0.612. The average molecular weight is 428 g/mol. The van der Waals surface area contributed by atoms with Crippen molar-refractivity contribution in [1.82, 2.24) is 9.29 Å². The van der Waals surface area contributed by atoms with Gasteiger partial charge in [0.1, 0.15) is 0 Å². The van der Waals surface area contributed by atoms with Gasteiger partial charge in [0.05, 0.1) is 19.8 Å². The maximum Gasteiger partial charge on any atom is 0.257 e. The van der Waals surface area contributed by atoms with Gasteiger partial charge in [0.25, 0.3) is 5.91 Å². The fourth-order valence-electron chi connectivity index (χ4n) is 2.05. The number of carbonyl (C=O) groups excluding carboxylic acids is 1. The third kappa shape index (κ3) is 3.97. The second kappa shape index (κ2) is 7.45. The van der Waals surface area contributed by atoms with Gasteiger partial charge < -0.3 is 0 Å². The molecule has 1 aromatic carbocycles. The zero-order valence-electron chi connectivity index (χ0n) is 13.8. The van der Waals surface area contributed by atoms with Crippen molar-refractivity contribution in [3.8, 4) is 10.6 Å². The molecule has 136 valence electrons. The smallest absolute Gasteiger partial charge is 0.257 e. The first-order valence-electron chi connectivity index (χ1n) is 7.32. The number of hydrogen-bond donors (Lipinski definition) is 1. The molecule has 10 heteroatoms. The molecule has 0 saturated heterocycles. The molecule has 26 heavy (non-hydrogen) atoms. The Morgan fingerprint density at radius 2 is 1.85 bits per heavy atom. The van der Waals surface area contributed by atoms with Crippen LogP contribution in [-0.4, -0.2) is 37.7 Å². The fourth-order valence-corrected chi connectivity index (χ4v) is 4.74. The fraction of sp³-hybridized carbons (Fsp3) is 0.125. The lowest BCUT2D eigenvalue weighted by atomic mass is 10.2. The molecule has 0 bridgehead atoms. The number of hydrogen-bond acceptors (Lipinski definition) is 6. The van der Waals surface area contributed by atoms with Crippen molar-refractivity contribution in [3.05, 3.63) is 51.7 Å². The van der Waals surface area contributed by atoms with Gasteiger partial charge in [-0.05, 0) is 36.4 Å². The Balaban J connectivity index is 1.74. The third-order valence-electron chi connectivity index (χ3n) is 3.45. The van der Waals surface area contributed by atoms with E-state index < -0.39 is 10.0 Å². The van der Waals surface area contributed by atoms with Crippen molar-refractivity contribution in [3.63, 3.8) is 0 Å². The first-order chi connectivity index (χ1) is 12.3. The summed E-state index contributed by atoms with van der Waals surface area (Å²) in [6, 6.07) is 9.43. The molecule has 6 nitrogen and oxygen atoms in total. The molecule has 1 amide bonds. The maximum absolute atomic E-state index is 12.3. The van der Waals surface area contributed by atoms with E-state index in [1.54, 1.807) is 6.07 Å². The van der Waals surface area contributed by atoms with Gasteiger partial charge in [-0.3, -0.25) is 10.1 Å². The predicted octanol–water partition coefficient (Wildman–Crippen LogP) is 4.03. The van der Waals surface area contributed by atoms with E-state index in [-0.39, 0.29) is 10.8 Å². The summed E-state index contributed by atoms with van der Waals surface area (Å²) in [5.74, 6) is -0.357. The Bertz CT molecular complexity index is 1040. The lowest BCUT2D eigenvalue weighted by Gasteiger charge is -2.11. The van der Waals surface area contributed by atoms with Crippen molar-refractivity contribution < 1.29 is 13.2 Å². The van der Waals surface area contributed by atoms with E-state index in [1.807, 2.05) is 11.4 Å². The zero-order chi connectivity index (χ0) is 18.9. The van der Waals surface area contributed by atoms with Crippen LogP contribution in [0, 0.1) is 0 Å². The van der Waals surface area contributed by atoms with Crippen molar-refractivity contribution in [1.29, 1.82) is 0 Å². The normalized spacial score (nSPS) is 11.7. The van der Waals surface area contributed by atoms with Crippen molar-refractivity contribution >= 4 is 55.3 Å². The number of carbonyl (C=O) groups is 1. The molecule has 3 aromatic rings. The van der Waals surface area contributed by atoms with Crippen LogP contribution in [0.15, 0.2) is 46.7 Å². The lowest BCUT2D eigenvalue weighted by molar-refractivity contribution is 0.102. The average Bonchev–Trinajstić information content (AvgIpc) is 3.23. The second-order valence-corrected chi connectivity index (χ2v) is 10.1. The third-order valence-corrected chi connectivity index (χ3v) is 7.29. The van der Waals surface area contributed by atoms with E-state index in [0.717, 1.165) is 14.9 Å². The topological polar surface area (TPSA) is 79.4 Å². The molecule has 2 heterocycles. The summed E-state index contributed by atoms with van der Waals surface area (Å²) in [4.78, 5) is 17.8. The number of anilines is 1. The van der Waals surface area contributed by atoms with E-state index in [1.165, 1.54) is 61.0 Å². The minimum absolute atomic E-state index is 0.130. The predicted molar refractivity (Wildman–Crippen MR) is 106 cm³/mol. The van der Waals surface area contributed by atoms with Gasteiger partial charge in [-0.2, -0.15) is 0 Å². The number of sulfonamides is 1. The Kier molecular flexibility index (Phi) is 5.44. The van der Waals surface area contributed by atoms with Crippen molar-refractivity contribution in [2.45, 2.75) is 4.90 Å². The zero-order valence-corrected chi connectivity index (χ0v) is 17.0. The number of thiazole rings is 1. The highest BCUT2D eigenvalue weighted by molar-refractivity contribution is 7.89. The Morgan fingerprint density at radius 1 is 1.15 bits per heavy atom. The van der Waals surface area contributed by atoms with E-state index in [9.17, 15) is 13.2 Å². The lowest BCUT2D eigenvalue weighted by Crippen LogP contribution is -2.22. The van der Waals surface area contributed by atoms with Crippen LogP contribution < -0.4 is 5.32 Å². The van der Waals surface area contributed by atoms with Crippen LogP contribution in [0.1, 0.15) is 10.4 Å². The van der Waals surface area contributed by atoms with Gasteiger partial charge in [0.15, 0.2) is 5.13 Å². The van der Waals surface area contributed by atoms with Crippen LogP contribution in [0.2, 0.25) is 4.34 Å². The molecule has 0 radical (unpaired) electrons. The number of aromatic nitrogens is 1. The Labute approximate surface area is 164 Å². The number of rotatable bonds is 5. The van der Waals surface area contributed by atoms with Crippen molar-refractivity contribution in [2.75, 3.05) is 19.4 Å². The van der Waals surface area contributed by atoms with Crippen molar-refractivity contribution in [2.24, 2.45) is 0 Å². The minimum Gasteiger partial charge on any atom is -0.298 e. The number of nitrogens with one attached hydrogen (secondary N) is 1. The van der Waals surface area contributed by atoms with E-state index in [0.29, 0.717) is 15.0 Å². The van der Waals surface area contributed by atoms with Gasteiger partial charge in [-0.1, -0.05) is 11.6 Å². The highest BCUT2D eigenvalue weighted by atomic mass is 35.5. The molecule has 0 aliphatic heterocycles. The highest BCUT2D eigenvalue weighted by Gasteiger charge is 2.18. The molecule has 1 N–H and O–H groups in total. The molecule has 0 unspecified atom stereocenters. The van der Waals surface area contributed by atoms with E-state index in [2.05, 4.69) is 10.3 Å². The molecule has 0 atom stereocenters. The highest BCUT2D eigenvalue weighted by Crippen LogP contribution is 2.32. The van der Waals surface area contributed by atoms with Crippen LogP contribution in [0.5, 0.6) is 0 Å². The Hall–Kier alpha value is -1.78. The second-order valence-electron chi connectivity index (χ2n) is 5.41. The van der Waals surface area contributed by atoms with Gasteiger partial charge in [-0.25, -0.2) is 17.7 Å². The first kappa shape index (κ1) is 19.0. The number of amides is 1. The molecule has 0 aliphatic carbocycles. The van der Waals surface area contributed by atoms with Gasteiger partial charge in [-0.15, -0.1) is 22.7 Å². The van der Waals surface area contributed by atoms with Crippen LogP contribution in [0.25, 0.3) is 10.6 Å². The molecule has 3 rings (SSSR count). The minimum atomic E-state index is -3.52. The van der Waals surface area contributed by atoms with E-state index >= 15 is 0 Å². The monoisotopic (exact) mass is 427 g/mol. The SMILES string of the molecule is CN(C)S(=O)(=O)c1ccc(C(=O)Nc2nc(-c3ccc(Cl)s3)cs2)cc1. The maximum atomic E-state index is 12.3. The van der Waals surface area contributed by atoms with E-state index in [4.69, 9.17) is 11.6 Å². The molecule has 0 aliphatic rings. The summed E-state index contributed by atoms with van der Waals surface area (Å²) in [6.07, 6.45) is 0. The molecule has 0 spiro atoms. The van der Waals surface area contributed by atoms with Gasteiger partial charge in [0, 0.05) is 25.0 Å². The summed E-state index contributed by atoms with van der Waals surface area (Å²) in [5, 5.41) is 5.01. The molecule has 2 aromatic heterocycles. The quantitative estimate of drug-likeness (QED) is 0.666. The Morgan fingerprint density at radius 3 is 2.42 bits per heavy atom. The molecular formula is C16H14ClN3O3S3. The van der Waals surface area contributed by atoms with Crippen LogP contribution in [0.3, 0.4) is 0 Å². The standard InChI is InChI=1S/C16H14ClN3O3S3/c1-20(2)26(22,23)11-5-3-10(4-6-11)15(21)19-16-18-12(9-24-16)13-7-8-14(17)25-13/h3-9H,1-2H3,(H,18,19,21). The van der Waals surface area contributed by atoms with Crippen LogP contribution >= 0.6 is 34.3 Å². The molecular weight excluding hydrogens is 414 g/mol. The van der Waals surface area contributed by atoms with Crippen LogP contribution in [0.4, 0.5) is 5.13 Å². The number of thiophene rings is 1. The summed E-state index contributed by atoms with van der Waals surface area (Å²) < 4.78 is 25.9. The molecule has 0 saturated carbocycles. The summed E-state index contributed by atoms with van der Waals surface area (Å²) in [5.41, 5.74) is 1.09. The molecule has 0 fully saturated rings. The number of halogens is 1. The van der Waals surface area contributed by atoms with Crippen LogP contribution in [-0.2, 0) is 10.0 Å². The summed E-state index contributed by atoms with van der Waals surface area (Å²) in [6.45, 7) is 0. The largest absolute Gasteiger partial charge is 0.298 e. The van der Waals surface area contributed by atoms with Gasteiger partial charge in [0.2, 0.25) is 10.0 Å². The summed E-state index contributed by atoms with van der Waals surface area (Å²) >= 11 is 8.64. The number of benzene rings is 1. The number of nitrogens with zero attached hydrogens (tertiary/aromatic N) is 2. The first-order valence-corrected chi connectivity index (χ1v) is 10.8.